The van der Waals surface area contributed by atoms with E-state index in [1.807, 2.05) is 6.08 Å². The Balaban J connectivity index is 3.51. The van der Waals surface area contributed by atoms with Crippen molar-refractivity contribution in [3.05, 3.63) is 12.7 Å². The summed E-state index contributed by atoms with van der Waals surface area (Å²) in [5.74, 6) is -0.846. The van der Waals surface area contributed by atoms with Crippen LogP contribution in [-0.2, 0) is 14.2 Å². The molecule has 0 aliphatic rings. The molecule has 0 aliphatic carbocycles. The van der Waals surface area contributed by atoms with Crippen LogP contribution in [0, 0.1) is 0 Å². The van der Waals surface area contributed by atoms with E-state index in [1.165, 1.54) is 25.7 Å². The summed E-state index contributed by atoms with van der Waals surface area (Å²) in [4.78, 5) is 0. The smallest absolute Gasteiger partial charge is 0.282 e. The van der Waals surface area contributed by atoms with Crippen LogP contribution < -0.4 is 0 Å². The Labute approximate surface area is 99.8 Å². The maximum absolute atomic E-state index is 5.22. The quantitative estimate of drug-likeness (QED) is 0.309. The monoisotopic (exact) mass is 230 g/mol. The van der Waals surface area contributed by atoms with Gasteiger partial charge in [-0.2, -0.15) is 0 Å². The number of hydrogen-bond donors (Lipinski definition) is 0. The van der Waals surface area contributed by atoms with E-state index in [9.17, 15) is 0 Å². The van der Waals surface area contributed by atoms with Gasteiger partial charge in [-0.05, 0) is 19.3 Å². The SMILES string of the molecule is C=CCCCCCCCC(OC)(OC)OC. The summed E-state index contributed by atoms with van der Waals surface area (Å²) < 4.78 is 15.7. The number of ether oxygens (including phenoxy) is 3. The van der Waals surface area contributed by atoms with Crippen molar-refractivity contribution in [1.82, 2.24) is 0 Å². The first-order valence-corrected chi connectivity index (χ1v) is 6.01. The standard InChI is InChI=1S/C13H26O3/c1-5-6-7-8-9-10-11-12-13(14-2,15-3)16-4/h5H,1,6-12H2,2-4H3. The molecule has 0 saturated carbocycles. The summed E-state index contributed by atoms with van der Waals surface area (Å²) in [6.45, 7) is 3.71. The van der Waals surface area contributed by atoms with Gasteiger partial charge in [0.05, 0.1) is 0 Å². The maximum atomic E-state index is 5.22. The van der Waals surface area contributed by atoms with E-state index in [0.29, 0.717) is 0 Å². The highest BCUT2D eigenvalue weighted by Gasteiger charge is 2.28. The Morgan fingerprint density at radius 2 is 1.38 bits per heavy atom. The Hall–Kier alpha value is -0.380. The molecule has 0 aromatic heterocycles. The third kappa shape index (κ3) is 6.26. The van der Waals surface area contributed by atoms with Crippen molar-refractivity contribution < 1.29 is 14.2 Å². The van der Waals surface area contributed by atoms with Crippen LogP contribution in [0.3, 0.4) is 0 Å². The summed E-state index contributed by atoms with van der Waals surface area (Å²) >= 11 is 0. The molecule has 0 amide bonds. The minimum atomic E-state index is -0.846. The van der Waals surface area contributed by atoms with E-state index < -0.39 is 5.97 Å². The zero-order valence-corrected chi connectivity index (χ0v) is 11.0. The van der Waals surface area contributed by atoms with Gasteiger partial charge in [0.1, 0.15) is 0 Å². The lowest BCUT2D eigenvalue weighted by Crippen LogP contribution is -2.35. The average Bonchev–Trinajstić information content (AvgIpc) is 2.34. The van der Waals surface area contributed by atoms with Gasteiger partial charge in [-0.1, -0.05) is 25.3 Å². The molecule has 96 valence electrons. The van der Waals surface area contributed by atoms with Gasteiger partial charge in [0.25, 0.3) is 5.97 Å². The number of methoxy groups -OCH3 is 3. The zero-order valence-electron chi connectivity index (χ0n) is 11.0. The molecule has 0 fully saturated rings. The average molecular weight is 230 g/mol. The maximum Gasteiger partial charge on any atom is 0.282 e. The fraction of sp³-hybridized carbons (Fsp3) is 0.846. The predicted molar refractivity (Wildman–Crippen MR) is 66.3 cm³/mol. The number of unbranched alkanes of at least 4 members (excludes halogenated alkanes) is 5. The fourth-order valence-electron chi connectivity index (χ4n) is 1.72. The molecule has 0 heterocycles. The van der Waals surface area contributed by atoms with E-state index in [1.54, 1.807) is 21.3 Å². The first kappa shape index (κ1) is 15.6. The van der Waals surface area contributed by atoms with Gasteiger partial charge in [-0.3, -0.25) is 0 Å². The largest absolute Gasteiger partial charge is 0.331 e. The van der Waals surface area contributed by atoms with Gasteiger partial charge in [-0.25, -0.2) is 0 Å². The van der Waals surface area contributed by atoms with Crippen LogP contribution >= 0.6 is 0 Å². The van der Waals surface area contributed by atoms with E-state index in [-0.39, 0.29) is 0 Å². The van der Waals surface area contributed by atoms with Gasteiger partial charge >= 0.3 is 0 Å². The lowest BCUT2D eigenvalue weighted by molar-refractivity contribution is -0.355. The van der Waals surface area contributed by atoms with E-state index >= 15 is 0 Å². The van der Waals surface area contributed by atoms with E-state index in [2.05, 4.69) is 6.58 Å². The van der Waals surface area contributed by atoms with Crippen molar-refractivity contribution in [3.63, 3.8) is 0 Å². The van der Waals surface area contributed by atoms with Crippen LogP contribution in [-0.4, -0.2) is 27.3 Å². The minimum Gasteiger partial charge on any atom is -0.331 e. The van der Waals surface area contributed by atoms with E-state index in [4.69, 9.17) is 14.2 Å². The van der Waals surface area contributed by atoms with Crippen LogP contribution in [0.5, 0.6) is 0 Å². The number of hydrogen-bond acceptors (Lipinski definition) is 3. The summed E-state index contributed by atoms with van der Waals surface area (Å²) in [6.07, 6.45) is 9.89. The second-order valence-corrected chi connectivity index (χ2v) is 3.89. The molecular weight excluding hydrogens is 204 g/mol. The van der Waals surface area contributed by atoms with Crippen LogP contribution in [0.1, 0.15) is 44.9 Å². The Kier molecular flexibility index (Phi) is 9.59. The molecule has 0 unspecified atom stereocenters. The predicted octanol–water partition coefficient (Wildman–Crippen LogP) is 3.50. The highest BCUT2D eigenvalue weighted by Crippen LogP contribution is 2.21. The molecule has 3 nitrogen and oxygen atoms in total. The summed E-state index contributed by atoms with van der Waals surface area (Å²) in [5.41, 5.74) is 0. The molecule has 0 aliphatic heterocycles. The molecule has 16 heavy (non-hydrogen) atoms. The lowest BCUT2D eigenvalue weighted by Gasteiger charge is -2.28. The summed E-state index contributed by atoms with van der Waals surface area (Å²) in [6, 6.07) is 0. The normalized spacial score (nSPS) is 11.7. The van der Waals surface area contributed by atoms with Crippen molar-refractivity contribution in [2.45, 2.75) is 50.9 Å². The first-order valence-electron chi connectivity index (χ1n) is 6.01. The van der Waals surface area contributed by atoms with Gasteiger partial charge in [0.15, 0.2) is 0 Å². The molecule has 0 rings (SSSR count). The molecule has 0 aromatic rings. The number of allylic oxidation sites excluding steroid dienone is 1. The molecule has 3 heteroatoms. The van der Waals surface area contributed by atoms with Crippen molar-refractivity contribution in [3.8, 4) is 0 Å². The first-order chi connectivity index (χ1) is 7.74. The highest BCUT2D eigenvalue weighted by molar-refractivity contribution is 4.65. The fourth-order valence-corrected chi connectivity index (χ4v) is 1.72. The molecular formula is C13H26O3. The third-order valence-corrected chi connectivity index (χ3v) is 2.82. The Bertz CT molecular complexity index is 156. The number of rotatable bonds is 11. The summed E-state index contributed by atoms with van der Waals surface area (Å²) in [7, 11) is 4.82. The Morgan fingerprint density at radius 1 is 0.875 bits per heavy atom. The zero-order chi connectivity index (χ0) is 12.3. The highest BCUT2D eigenvalue weighted by atomic mass is 16.9. The van der Waals surface area contributed by atoms with Crippen LogP contribution in [0.25, 0.3) is 0 Å². The van der Waals surface area contributed by atoms with Crippen molar-refractivity contribution in [2.75, 3.05) is 21.3 Å². The molecule has 0 aromatic carbocycles. The second-order valence-electron chi connectivity index (χ2n) is 3.89. The minimum absolute atomic E-state index is 0.776. The molecule has 0 N–H and O–H groups in total. The van der Waals surface area contributed by atoms with Gasteiger partial charge in [0, 0.05) is 27.8 Å². The third-order valence-electron chi connectivity index (χ3n) is 2.82. The van der Waals surface area contributed by atoms with Gasteiger partial charge in [0.2, 0.25) is 0 Å². The molecule has 0 bridgehead atoms. The molecule has 0 atom stereocenters. The van der Waals surface area contributed by atoms with Crippen LogP contribution in [0.15, 0.2) is 12.7 Å². The second kappa shape index (κ2) is 9.82. The molecule has 0 saturated heterocycles. The van der Waals surface area contributed by atoms with Crippen LogP contribution in [0.4, 0.5) is 0 Å². The van der Waals surface area contributed by atoms with Crippen molar-refractivity contribution in [1.29, 1.82) is 0 Å². The van der Waals surface area contributed by atoms with Crippen molar-refractivity contribution in [2.24, 2.45) is 0 Å². The summed E-state index contributed by atoms with van der Waals surface area (Å²) in [5, 5.41) is 0. The van der Waals surface area contributed by atoms with Gasteiger partial charge < -0.3 is 14.2 Å². The molecule has 0 radical (unpaired) electrons. The van der Waals surface area contributed by atoms with E-state index in [0.717, 1.165) is 19.3 Å². The Morgan fingerprint density at radius 3 is 1.88 bits per heavy atom. The topological polar surface area (TPSA) is 27.7 Å². The van der Waals surface area contributed by atoms with Crippen molar-refractivity contribution >= 4 is 0 Å². The lowest BCUT2D eigenvalue weighted by atomic mass is 10.1. The molecule has 0 spiro atoms. The van der Waals surface area contributed by atoms with Crippen LogP contribution in [0.2, 0.25) is 0 Å². The van der Waals surface area contributed by atoms with Gasteiger partial charge in [-0.15, -0.1) is 6.58 Å².